The van der Waals surface area contributed by atoms with Crippen LogP contribution in [0, 0.1) is 5.92 Å². The van der Waals surface area contributed by atoms with Crippen molar-refractivity contribution in [2.24, 2.45) is 5.92 Å². The van der Waals surface area contributed by atoms with Gasteiger partial charge in [0.1, 0.15) is 11.5 Å². The zero-order chi connectivity index (χ0) is 23.7. The highest BCUT2D eigenvalue weighted by atomic mass is 32.1. The zero-order valence-corrected chi connectivity index (χ0v) is 19.9. The fourth-order valence-corrected chi connectivity index (χ4v) is 5.30. The summed E-state index contributed by atoms with van der Waals surface area (Å²) in [6, 6.07) is 11.0. The summed E-state index contributed by atoms with van der Waals surface area (Å²) in [7, 11) is 3.12. The molecule has 2 amide bonds. The van der Waals surface area contributed by atoms with Gasteiger partial charge >= 0.3 is 0 Å². The van der Waals surface area contributed by atoms with E-state index in [0.29, 0.717) is 36.1 Å². The molecule has 0 aliphatic carbocycles. The predicted molar refractivity (Wildman–Crippen MR) is 131 cm³/mol. The van der Waals surface area contributed by atoms with Gasteiger partial charge in [0.05, 0.1) is 49.3 Å². The Morgan fingerprint density at radius 1 is 1.15 bits per heavy atom. The fourth-order valence-electron chi connectivity index (χ4n) is 4.25. The minimum absolute atomic E-state index is 0.114. The van der Waals surface area contributed by atoms with Gasteiger partial charge in [-0.25, -0.2) is 4.98 Å². The van der Waals surface area contributed by atoms with E-state index in [1.54, 1.807) is 48.7 Å². The van der Waals surface area contributed by atoms with Crippen LogP contribution in [0.2, 0.25) is 0 Å². The highest BCUT2D eigenvalue weighted by molar-refractivity contribution is 7.22. The lowest BCUT2D eigenvalue weighted by Gasteiger charge is -2.25. The largest absolute Gasteiger partial charge is 0.497 e. The quantitative estimate of drug-likeness (QED) is 0.577. The standard InChI is InChI=1S/C24H26N4O5S/c1-31-17-4-6-19(20(13-17)32-2)28-14-15(11-22(28)29)23(30)25-16-3-5-18-21(12-16)34-24(26-18)27-7-9-33-10-8-27/h3-6,12-13,15H,7-11,14H2,1-2H3,(H,25,30). The number of fused-ring (bicyclic) bond motifs is 1. The Labute approximate surface area is 201 Å². The van der Waals surface area contributed by atoms with Gasteiger partial charge in [-0.2, -0.15) is 0 Å². The number of thiazole rings is 1. The van der Waals surface area contributed by atoms with Crippen LogP contribution >= 0.6 is 11.3 Å². The number of ether oxygens (including phenoxy) is 3. The van der Waals surface area contributed by atoms with E-state index in [0.717, 1.165) is 28.4 Å². The summed E-state index contributed by atoms with van der Waals surface area (Å²) in [6.07, 6.45) is 0.144. The van der Waals surface area contributed by atoms with Crippen molar-refractivity contribution < 1.29 is 23.8 Å². The summed E-state index contributed by atoms with van der Waals surface area (Å²) in [5, 5.41) is 3.95. The zero-order valence-electron chi connectivity index (χ0n) is 19.1. The maximum Gasteiger partial charge on any atom is 0.229 e. The van der Waals surface area contributed by atoms with E-state index in [9.17, 15) is 9.59 Å². The molecule has 3 heterocycles. The van der Waals surface area contributed by atoms with Crippen molar-refractivity contribution in [3.8, 4) is 11.5 Å². The van der Waals surface area contributed by atoms with Crippen molar-refractivity contribution in [2.75, 3.05) is 62.2 Å². The van der Waals surface area contributed by atoms with Crippen LogP contribution in [0.1, 0.15) is 6.42 Å². The number of methoxy groups -OCH3 is 2. The highest BCUT2D eigenvalue weighted by Gasteiger charge is 2.36. The maximum absolute atomic E-state index is 13.0. The van der Waals surface area contributed by atoms with Gasteiger partial charge < -0.3 is 29.3 Å². The van der Waals surface area contributed by atoms with Crippen molar-refractivity contribution in [2.45, 2.75) is 6.42 Å². The number of nitrogens with one attached hydrogen (secondary N) is 1. The molecule has 34 heavy (non-hydrogen) atoms. The van der Waals surface area contributed by atoms with Crippen LogP contribution in [0.4, 0.5) is 16.5 Å². The van der Waals surface area contributed by atoms with Crippen molar-refractivity contribution in [3.05, 3.63) is 36.4 Å². The minimum Gasteiger partial charge on any atom is -0.497 e. The van der Waals surface area contributed by atoms with E-state index in [4.69, 9.17) is 19.2 Å². The maximum atomic E-state index is 13.0. The molecule has 3 aromatic rings. The summed E-state index contributed by atoms with van der Waals surface area (Å²) in [5.41, 5.74) is 2.23. The molecular formula is C24H26N4O5S. The second kappa shape index (κ2) is 9.47. The summed E-state index contributed by atoms with van der Waals surface area (Å²) < 4.78 is 17.1. The molecule has 2 fully saturated rings. The lowest BCUT2D eigenvalue weighted by atomic mass is 10.1. The topological polar surface area (TPSA) is 93.2 Å². The van der Waals surface area contributed by atoms with E-state index in [2.05, 4.69) is 10.2 Å². The molecule has 1 atom stereocenters. The number of nitrogens with zero attached hydrogens (tertiary/aromatic N) is 3. The smallest absolute Gasteiger partial charge is 0.229 e. The first-order valence-corrected chi connectivity index (χ1v) is 11.9. The van der Waals surface area contributed by atoms with Crippen molar-refractivity contribution in [1.29, 1.82) is 0 Å². The Balaban J connectivity index is 1.28. The number of amides is 2. The van der Waals surface area contributed by atoms with Gasteiger partial charge in [-0.3, -0.25) is 9.59 Å². The van der Waals surface area contributed by atoms with Gasteiger partial charge in [0.25, 0.3) is 0 Å². The molecule has 2 aliphatic rings. The Morgan fingerprint density at radius 2 is 1.97 bits per heavy atom. The molecule has 2 aliphatic heterocycles. The number of carbonyl (C=O) groups excluding carboxylic acids is 2. The summed E-state index contributed by atoms with van der Waals surface area (Å²) in [5.74, 6) is 0.412. The van der Waals surface area contributed by atoms with Gasteiger partial charge in [-0.1, -0.05) is 11.3 Å². The van der Waals surface area contributed by atoms with Crippen LogP contribution in [0.5, 0.6) is 11.5 Å². The normalized spacial score (nSPS) is 18.4. The number of hydrogen-bond donors (Lipinski definition) is 1. The molecule has 1 unspecified atom stereocenters. The molecule has 0 radical (unpaired) electrons. The molecule has 1 N–H and O–H groups in total. The Hall–Kier alpha value is -3.37. The number of morpholine rings is 1. The van der Waals surface area contributed by atoms with E-state index in [1.807, 2.05) is 18.2 Å². The molecule has 2 aromatic carbocycles. The van der Waals surface area contributed by atoms with Crippen LogP contribution in [-0.2, 0) is 14.3 Å². The lowest BCUT2D eigenvalue weighted by Crippen LogP contribution is -2.36. The van der Waals surface area contributed by atoms with Crippen LogP contribution < -0.4 is 24.6 Å². The van der Waals surface area contributed by atoms with E-state index in [-0.39, 0.29) is 24.8 Å². The molecule has 0 spiro atoms. The van der Waals surface area contributed by atoms with Gasteiger partial charge in [0, 0.05) is 37.8 Å². The SMILES string of the molecule is COc1ccc(N2CC(C(=O)Nc3ccc4nc(N5CCOCC5)sc4c3)CC2=O)c(OC)c1. The third-order valence-electron chi connectivity index (χ3n) is 6.10. The van der Waals surface area contributed by atoms with Gasteiger partial charge in [-0.05, 0) is 30.3 Å². The van der Waals surface area contributed by atoms with Gasteiger partial charge in [-0.15, -0.1) is 0 Å². The molecule has 5 rings (SSSR count). The lowest BCUT2D eigenvalue weighted by molar-refractivity contribution is -0.122. The summed E-state index contributed by atoms with van der Waals surface area (Å²) in [6.45, 7) is 3.36. The molecule has 0 saturated carbocycles. The molecule has 2 saturated heterocycles. The monoisotopic (exact) mass is 482 g/mol. The van der Waals surface area contributed by atoms with Crippen molar-refractivity contribution in [3.63, 3.8) is 0 Å². The Bertz CT molecular complexity index is 1220. The van der Waals surface area contributed by atoms with Gasteiger partial charge in [0.15, 0.2) is 5.13 Å². The third kappa shape index (κ3) is 4.38. The summed E-state index contributed by atoms with van der Waals surface area (Å²) >= 11 is 1.60. The number of aromatic nitrogens is 1. The van der Waals surface area contributed by atoms with Crippen molar-refractivity contribution in [1.82, 2.24) is 4.98 Å². The van der Waals surface area contributed by atoms with E-state index in [1.165, 1.54) is 0 Å². The second-order valence-electron chi connectivity index (χ2n) is 8.21. The molecule has 10 heteroatoms. The first-order valence-electron chi connectivity index (χ1n) is 11.1. The minimum atomic E-state index is -0.458. The molecule has 0 bridgehead atoms. The highest BCUT2D eigenvalue weighted by Crippen LogP contribution is 2.36. The third-order valence-corrected chi connectivity index (χ3v) is 7.18. The average molecular weight is 483 g/mol. The predicted octanol–water partition coefficient (Wildman–Crippen LogP) is 3.14. The van der Waals surface area contributed by atoms with Crippen LogP contribution in [0.25, 0.3) is 10.2 Å². The molecule has 1 aromatic heterocycles. The van der Waals surface area contributed by atoms with Crippen LogP contribution in [-0.4, -0.2) is 63.9 Å². The van der Waals surface area contributed by atoms with Gasteiger partial charge in [0.2, 0.25) is 11.8 Å². The van der Waals surface area contributed by atoms with Crippen LogP contribution in [0.3, 0.4) is 0 Å². The Kier molecular flexibility index (Phi) is 6.25. The Morgan fingerprint density at radius 3 is 2.74 bits per heavy atom. The average Bonchev–Trinajstić information content (AvgIpc) is 3.47. The number of benzene rings is 2. The second-order valence-corrected chi connectivity index (χ2v) is 9.22. The summed E-state index contributed by atoms with van der Waals surface area (Å²) in [4.78, 5) is 34.3. The molecule has 178 valence electrons. The van der Waals surface area contributed by atoms with E-state index >= 15 is 0 Å². The number of carbonyl (C=O) groups is 2. The number of anilines is 3. The number of hydrogen-bond acceptors (Lipinski definition) is 8. The van der Waals surface area contributed by atoms with Crippen molar-refractivity contribution >= 4 is 49.9 Å². The first kappa shape index (κ1) is 22.4. The van der Waals surface area contributed by atoms with Crippen LogP contribution in [0.15, 0.2) is 36.4 Å². The molecule has 9 nitrogen and oxygen atoms in total. The van der Waals surface area contributed by atoms with E-state index < -0.39 is 5.92 Å². The number of rotatable bonds is 6. The molecular weight excluding hydrogens is 456 g/mol. The fraction of sp³-hybridized carbons (Fsp3) is 0.375. The first-order chi connectivity index (χ1) is 16.6.